The second-order valence-electron chi connectivity index (χ2n) is 6.15. The number of benzene rings is 2. The molecule has 2 heterocycles. The Balaban J connectivity index is 1.82. The average molecular weight is 471 g/mol. The maximum Gasteiger partial charge on any atom is 0.247 e. The van der Waals surface area contributed by atoms with E-state index >= 15 is 0 Å². The van der Waals surface area contributed by atoms with Crippen molar-refractivity contribution in [1.29, 1.82) is 0 Å². The van der Waals surface area contributed by atoms with Crippen molar-refractivity contribution in [2.24, 2.45) is 0 Å². The van der Waals surface area contributed by atoms with Gasteiger partial charge in [0.1, 0.15) is 5.75 Å². The van der Waals surface area contributed by atoms with Gasteiger partial charge in [-0.2, -0.15) is 4.98 Å². The molecule has 3 aromatic rings. The molecule has 29 heavy (non-hydrogen) atoms. The van der Waals surface area contributed by atoms with Crippen LogP contribution in [0.1, 0.15) is 18.7 Å². The number of thioether (sulfide) groups is 1. The highest BCUT2D eigenvalue weighted by Crippen LogP contribution is 2.41. The maximum atomic E-state index is 6.32. The van der Waals surface area contributed by atoms with Crippen LogP contribution in [0, 0.1) is 0 Å². The predicted molar refractivity (Wildman–Crippen MR) is 118 cm³/mol. The quantitative estimate of drug-likeness (QED) is 0.377. The van der Waals surface area contributed by atoms with Crippen LogP contribution in [-0.4, -0.2) is 27.5 Å². The summed E-state index contributed by atoms with van der Waals surface area (Å²) in [4.78, 5) is 4.61. The number of fused-ring (bicyclic) bond motifs is 3. The summed E-state index contributed by atoms with van der Waals surface area (Å²) in [5.74, 6) is 1.87. The van der Waals surface area contributed by atoms with E-state index in [0.29, 0.717) is 29.1 Å². The first-order valence-corrected chi connectivity index (χ1v) is 10.9. The topological polar surface area (TPSA) is 69.2 Å². The van der Waals surface area contributed by atoms with E-state index in [9.17, 15) is 0 Å². The van der Waals surface area contributed by atoms with E-state index in [2.05, 4.69) is 43.0 Å². The van der Waals surface area contributed by atoms with Gasteiger partial charge >= 0.3 is 0 Å². The van der Waals surface area contributed by atoms with Gasteiger partial charge in [0, 0.05) is 21.5 Å². The van der Waals surface area contributed by atoms with E-state index < -0.39 is 6.23 Å². The Morgan fingerprint density at radius 1 is 1.28 bits per heavy atom. The van der Waals surface area contributed by atoms with Crippen molar-refractivity contribution in [1.82, 2.24) is 15.2 Å². The van der Waals surface area contributed by atoms with Crippen LogP contribution in [-0.2, 0) is 0 Å². The van der Waals surface area contributed by atoms with Crippen LogP contribution in [0.4, 0.5) is 5.69 Å². The number of anilines is 1. The van der Waals surface area contributed by atoms with E-state index in [-0.39, 0.29) is 0 Å². The van der Waals surface area contributed by atoms with Crippen LogP contribution in [0.25, 0.3) is 11.3 Å². The predicted octanol–water partition coefficient (Wildman–Crippen LogP) is 5.48. The van der Waals surface area contributed by atoms with Gasteiger partial charge < -0.3 is 14.8 Å². The van der Waals surface area contributed by atoms with Gasteiger partial charge in [0.25, 0.3) is 0 Å². The fraction of sp³-hybridized carbons (Fsp3) is 0.190. The molecule has 1 aliphatic heterocycles. The molecule has 0 amide bonds. The lowest BCUT2D eigenvalue weighted by molar-refractivity contribution is 0.217. The lowest BCUT2D eigenvalue weighted by Gasteiger charge is -2.22. The van der Waals surface area contributed by atoms with Crippen LogP contribution < -0.4 is 14.8 Å². The molecule has 0 spiro atoms. The molecule has 0 bridgehead atoms. The summed E-state index contributed by atoms with van der Waals surface area (Å²) < 4.78 is 13.1. The fourth-order valence-corrected chi connectivity index (χ4v) is 3.89. The number of nitrogens with zero attached hydrogens (tertiary/aromatic N) is 3. The number of aromatic nitrogens is 3. The molecule has 1 unspecified atom stereocenters. The Morgan fingerprint density at radius 2 is 2.14 bits per heavy atom. The molecule has 1 aliphatic rings. The number of ether oxygens (including phenoxy) is 2. The molecule has 0 saturated heterocycles. The van der Waals surface area contributed by atoms with Gasteiger partial charge in [-0.05, 0) is 31.2 Å². The van der Waals surface area contributed by atoms with Gasteiger partial charge in [0.15, 0.2) is 5.69 Å². The highest BCUT2D eigenvalue weighted by atomic mass is 79.9. The van der Waals surface area contributed by atoms with Gasteiger partial charge in [0.2, 0.25) is 17.3 Å². The number of hydrogen-bond acceptors (Lipinski definition) is 7. The number of hydrogen-bond donors (Lipinski definition) is 1. The van der Waals surface area contributed by atoms with Crippen molar-refractivity contribution in [2.45, 2.75) is 18.3 Å². The standard InChI is InChI=1S/C21H19BrN4O2S/c1-3-11-29-21-24-20-18(25-26-21)14-7-5-6-8-16(14)23-19(28-20)15-12-13(22)9-10-17(15)27-4-2/h3,5-10,12,19,23H,1,4,11H2,2H3. The van der Waals surface area contributed by atoms with Crippen molar-refractivity contribution in [3.05, 3.63) is 65.2 Å². The molecule has 8 heteroatoms. The second kappa shape index (κ2) is 8.84. The normalized spacial score (nSPS) is 14.6. The lowest BCUT2D eigenvalue weighted by Crippen LogP contribution is -2.18. The van der Waals surface area contributed by atoms with Crippen molar-refractivity contribution in [3.63, 3.8) is 0 Å². The van der Waals surface area contributed by atoms with Gasteiger partial charge in [0.05, 0.1) is 12.2 Å². The summed E-state index contributed by atoms with van der Waals surface area (Å²) in [5.41, 5.74) is 3.24. The molecule has 0 fully saturated rings. The van der Waals surface area contributed by atoms with Crippen LogP contribution in [0.2, 0.25) is 0 Å². The molecule has 1 aromatic heterocycles. The van der Waals surface area contributed by atoms with Crippen LogP contribution >= 0.6 is 27.7 Å². The number of nitrogens with one attached hydrogen (secondary N) is 1. The van der Waals surface area contributed by atoms with E-state index in [4.69, 9.17) is 9.47 Å². The molecule has 6 nitrogen and oxygen atoms in total. The fourth-order valence-electron chi connectivity index (χ4n) is 2.99. The zero-order valence-electron chi connectivity index (χ0n) is 15.8. The third-order valence-corrected chi connectivity index (χ3v) is 5.54. The number of rotatable bonds is 6. The SMILES string of the molecule is C=CCSc1nnc2c(n1)OC(c1cc(Br)ccc1OCC)Nc1ccccc1-2. The van der Waals surface area contributed by atoms with Gasteiger partial charge in [-0.3, -0.25) is 0 Å². The molecule has 1 N–H and O–H groups in total. The number of halogens is 1. The van der Waals surface area contributed by atoms with Crippen molar-refractivity contribution >= 4 is 33.4 Å². The minimum atomic E-state index is -0.509. The Morgan fingerprint density at radius 3 is 2.97 bits per heavy atom. The summed E-state index contributed by atoms with van der Waals surface area (Å²) >= 11 is 5.00. The monoisotopic (exact) mass is 470 g/mol. The van der Waals surface area contributed by atoms with E-state index in [1.807, 2.05) is 49.4 Å². The molecule has 0 aliphatic carbocycles. The van der Waals surface area contributed by atoms with Crippen LogP contribution in [0.3, 0.4) is 0 Å². The first kappa shape index (κ1) is 19.7. The lowest BCUT2D eigenvalue weighted by atomic mass is 10.1. The van der Waals surface area contributed by atoms with Crippen molar-refractivity contribution in [3.8, 4) is 22.9 Å². The smallest absolute Gasteiger partial charge is 0.247 e. The van der Waals surface area contributed by atoms with E-state index in [1.54, 1.807) is 6.08 Å². The number of para-hydroxylation sites is 1. The van der Waals surface area contributed by atoms with Crippen LogP contribution in [0.15, 0.2) is 64.7 Å². The Kier molecular flexibility index (Phi) is 6.01. The van der Waals surface area contributed by atoms with Crippen molar-refractivity contribution in [2.75, 3.05) is 17.7 Å². The first-order valence-electron chi connectivity index (χ1n) is 9.13. The third-order valence-electron chi connectivity index (χ3n) is 4.22. The molecular formula is C21H19BrN4O2S. The first-order chi connectivity index (χ1) is 14.2. The molecule has 1 atom stereocenters. The Hall–Kier alpha value is -2.58. The van der Waals surface area contributed by atoms with Gasteiger partial charge in [-0.15, -0.1) is 16.8 Å². The Labute approximate surface area is 181 Å². The molecule has 148 valence electrons. The second-order valence-corrected chi connectivity index (χ2v) is 8.05. The van der Waals surface area contributed by atoms with Crippen LogP contribution in [0.5, 0.6) is 11.6 Å². The average Bonchev–Trinajstić information content (AvgIpc) is 2.90. The minimum Gasteiger partial charge on any atom is -0.493 e. The highest BCUT2D eigenvalue weighted by Gasteiger charge is 2.28. The summed E-state index contributed by atoms with van der Waals surface area (Å²) in [6.07, 6.45) is 1.29. The summed E-state index contributed by atoms with van der Waals surface area (Å²) in [7, 11) is 0. The molecule has 4 rings (SSSR count). The molecule has 0 radical (unpaired) electrons. The third kappa shape index (κ3) is 4.23. The van der Waals surface area contributed by atoms with Gasteiger partial charge in [-0.25, -0.2) is 0 Å². The van der Waals surface area contributed by atoms with E-state index in [1.165, 1.54) is 11.8 Å². The largest absolute Gasteiger partial charge is 0.493 e. The van der Waals surface area contributed by atoms with E-state index in [0.717, 1.165) is 27.0 Å². The summed E-state index contributed by atoms with van der Waals surface area (Å²) in [6.45, 7) is 6.25. The summed E-state index contributed by atoms with van der Waals surface area (Å²) in [6, 6.07) is 13.7. The zero-order valence-corrected chi connectivity index (χ0v) is 18.2. The zero-order chi connectivity index (χ0) is 20.2. The van der Waals surface area contributed by atoms with Gasteiger partial charge in [-0.1, -0.05) is 52.0 Å². The molecule has 0 saturated carbocycles. The molecular weight excluding hydrogens is 452 g/mol. The highest BCUT2D eigenvalue weighted by molar-refractivity contribution is 9.10. The Bertz CT molecular complexity index is 1050. The summed E-state index contributed by atoms with van der Waals surface area (Å²) in [5, 5.41) is 12.6. The molecule has 2 aromatic carbocycles. The van der Waals surface area contributed by atoms with Crippen molar-refractivity contribution < 1.29 is 9.47 Å². The maximum absolute atomic E-state index is 6.32. The minimum absolute atomic E-state index is 0.427.